The van der Waals surface area contributed by atoms with Gasteiger partial charge in [-0.05, 0) is 47.2 Å². The van der Waals surface area contributed by atoms with Crippen LogP contribution in [0.1, 0.15) is 28.2 Å². The molecule has 19 heavy (non-hydrogen) atoms. The van der Waals surface area contributed by atoms with Crippen molar-refractivity contribution < 1.29 is 8.78 Å². The van der Waals surface area contributed by atoms with Gasteiger partial charge in [0.2, 0.25) is 0 Å². The lowest BCUT2D eigenvalue weighted by molar-refractivity contribution is 0.505. The Morgan fingerprint density at radius 3 is 2.42 bits per heavy atom. The summed E-state index contributed by atoms with van der Waals surface area (Å²) in [5, 5.41) is 9.40. The first-order chi connectivity index (χ1) is 9.20. The Bertz CT molecular complexity index is 686. The van der Waals surface area contributed by atoms with Gasteiger partial charge in [0.25, 0.3) is 0 Å². The first kappa shape index (κ1) is 11.9. The quantitative estimate of drug-likeness (QED) is 0.703. The standard InChI is InChI=1S/C16H11F2N/c17-15-7-11-6-5-10-3-1-2-4-12(10)14(9-19)13(11)8-16(15)18/h1-4,7-8,14H,5-6H2. The van der Waals surface area contributed by atoms with Crippen molar-refractivity contribution in [1.29, 1.82) is 5.26 Å². The van der Waals surface area contributed by atoms with Gasteiger partial charge in [-0.1, -0.05) is 24.3 Å². The van der Waals surface area contributed by atoms with Crippen LogP contribution in [-0.2, 0) is 12.8 Å². The number of aryl methyl sites for hydroxylation is 2. The summed E-state index contributed by atoms with van der Waals surface area (Å²) in [6, 6.07) is 12.3. The molecule has 0 aliphatic heterocycles. The van der Waals surface area contributed by atoms with Gasteiger partial charge in [-0.15, -0.1) is 0 Å². The normalized spacial score (nSPS) is 17.0. The van der Waals surface area contributed by atoms with Crippen LogP contribution in [0.25, 0.3) is 0 Å². The molecule has 1 aliphatic rings. The third-order valence-corrected chi connectivity index (χ3v) is 3.65. The third kappa shape index (κ3) is 1.90. The van der Waals surface area contributed by atoms with Crippen LogP contribution in [0.3, 0.4) is 0 Å². The molecule has 0 aromatic heterocycles. The van der Waals surface area contributed by atoms with Gasteiger partial charge in [0.15, 0.2) is 11.6 Å². The first-order valence-corrected chi connectivity index (χ1v) is 6.16. The number of hydrogen-bond acceptors (Lipinski definition) is 1. The van der Waals surface area contributed by atoms with E-state index < -0.39 is 17.6 Å². The number of nitriles is 1. The summed E-state index contributed by atoms with van der Waals surface area (Å²) < 4.78 is 26.8. The molecule has 1 aliphatic carbocycles. The summed E-state index contributed by atoms with van der Waals surface area (Å²) in [4.78, 5) is 0. The summed E-state index contributed by atoms with van der Waals surface area (Å²) in [7, 11) is 0. The molecule has 0 fully saturated rings. The SMILES string of the molecule is N#CC1c2ccccc2CCc2cc(F)c(F)cc21. The van der Waals surface area contributed by atoms with E-state index in [1.54, 1.807) is 0 Å². The second kappa shape index (κ2) is 4.47. The zero-order valence-electron chi connectivity index (χ0n) is 10.2. The van der Waals surface area contributed by atoms with Crippen LogP contribution in [0, 0.1) is 23.0 Å². The van der Waals surface area contributed by atoms with E-state index in [0.29, 0.717) is 12.0 Å². The highest BCUT2D eigenvalue weighted by molar-refractivity contribution is 5.48. The molecule has 0 N–H and O–H groups in total. The van der Waals surface area contributed by atoms with Crippen LogP contribution >= 0.6 is 0 Å². The van der Waals surface area contributed by atoms with Crippen molar-refractivity contribution in [2.45, 2.75) is 18.8 Å². The van der Waals surface area contributed by atoms with Crippen LogP contribution in [0.15, 0.2) is 36.4 Å². The molecule has 0 radical (unpaired) electrons. The number of fused-ring (bicyclic) bond motifs is 2. The van der Waals surface area contributed by atoms with Crippen molar-refractivity contribution in [3.8, 4) is 6.07 Å². The Balaban J connectivity index is 2.24. The molecule has 0 amide bonds. The molecule has 3 rings (SSSR count). The predicted octanol–water partition coefficient (Wildman–Crippen LogP) is 3.72. The van der Waals surface area contributed by atoms with E-state index in [4.69, 9.17) is 0 Å². The molecular weight excluding hydrogens is 244 g/mol. The summed E-state index contributed by atoms with van der Waals surface area (Å²) >= 11 is 0. The minimum atomic E-state index is -0.890. The second-order valence-electron chi connectivity index (χ2n) is 4.73. The maximum absolute atomic E-state index is 13.4. The smallest absolute Gasteiger partial charge is 0.159 e. The summed E-state index contributed by atoms with van der Waals surface area (Å²) in [5.41, 5.74) is 3.29. The molecule has 1 atom stereocenters. The van der Waals surface area contributed by atoms with Crippen LogP contribution in [0.2, 0.25) is 0 Å². The molecule has 94 valence electrons. The van der Waals surface area contributed by atoms with Crippen molar-refractivity contribution in [2.75, 3.05) is 0 Å². The van der Waals surface area contributed by atoms with Gasteiger partial charge in [-0.2, -0.15) is 5.26 Å². The molecule has 0 heterocycles. The molecular formula is C16H11F2N. The van der Waals surface area contributed by atoms with Crippen molar-refractivity contribution in [1.82, 2.24) is 0 Å². The summed E-state index contributed by atoms with van der Waals surface area (Å²) in [5.74, 6) is -2.26. The molecule has 1 unspecified atom stereocenters. The van der Waals surface area contributed by atoms with Gasteiger partial charge in [-0.25, -0.2) is 8.78 Å². The van der Waals surface area contributed by atoms with Gasteiger partial charge < -0.3 is 0 Å². The number of halogens is 2. The molecule has 0 saturated carbocycles. The van der Waals surface area contributed by atoms with E-state index in [1.165, 1.54) is 12.1 Å². The highest BCUT2D eigenvalue weighted by Crippen LogP contribution is 2.34. The average molecular weight is 255 g/mol. The Kier molecular flexibility index (Phi) is 2.79. The minimum Gasteiger partial charge on any atom is -0.204 e. The molecule has 0 spiro atoms. The molecule has 2 aromatic rings. The molecule has 0 bridgehead atoms. The fourth-order valence-electron chi connectivity index (χ4n) is 2.71. The minimum absolute atomic E-state index is 0.524. The maximum atomic E-state index is 13.4. The zero-order valence-corrected chi connectivity index (χ0v) is 10.2. The van der Waals surface area contributed by atoms with Crippen molar-refractivity contribution >= 4 is 0 Å². The lowest BCUT2D eigenvalue weighted by Crippen LogP contribution is -2.03. The zero-order chi connectivity index (χ0) is 13.4. The van der Waals surface area contributed by atoms with Crippen molar-refractivity contribution in [3.63, 3.8) is 0 Å². The first-order valence-electron chi connectivity index (χ1n) is 6.16. The fourth-order valence-corrected chi connectivity index (χ4v) is 2.71. The highest BCUT2D eigenvalue weighted by Gasteiger charge is 2.24. The Morgan fingerprint density at radius 1 is 0.947 bits per heavy atom. The van der Waals surface area contributed by atoms with Crippen LogP contribution < -0.4 is 0 Å². The van der Waals surface area contributed by atoms with Crippen LogP contribution in [0.5, 0.6) is 0 Å². The van der Waals surface area contributed by atoms with Crippen LogP contribution in [0.4, 0.5) is 8.78 Å². The summed E-state index contributed by atoms with van der Waals surface area (Å²) in [6.07, 6.45) is 1.37. The molecule has 0 saturated heterocycles. The number of benzene rings is 2. The van der Waals surface area contributed by atoms with Gasteiger partial charge in [-0.3, -0.25) is 0 Å². The number of nitrogens with zero attached hydrogens (tertiary/aromatic N) is 1. The van der Waals surface area contributed by atoms with Gasteiger partial charge >= 0.3 is 0 Å². The van der Waals surface area contributed by atoms with E-state index >= 15 is 0 Å². The van der Waals surface area contributed by atoms with Crippen molar-refractivity contribution in [3.05, 3.63) is 70.3 Å². The lowest BCUT2D eigenvalue weighted by Gasteiger charge is -2.13. The Morgan fingerprint density at radius 2 is 1.63 bits per heavy atom. The number of rotatable bonds is 0. The largest absolute Gasteiger partial charge is 0.204 e. The van der Waals surface area contributed by atoms with Gasteiger partial charge in [0.05, 0.1) is 12.0 Å². The second-order valence-corrected chi connectivity index (χ2v) is 4.73. The van der Waals surface area contributed by atoms with E-state index in [2.05, 4.69) is 6.07 Å². The predicted molar refractivity (Wildman–Crippen MR) is 67.7 cm³/mol. The monoisotopic (exact) mass is 255 g/mol. The van der Waals surface area contributed by atoms with Gasteiger partial charge in [0, 0.05) is 0 Å². The summed E-state index contributed by atoms with van der Waals surface area (Å²) in [6.45, 7) is 0. The van der Waals surface area contributed by atoms with Crippen LogP contribution in [-0.4, -0.2) is 0 Å². The number of hydrogen-bond donors (Lipinski definition) is 0. The molecule has 2 aromatic carbocycles. The molecule has 3 heteroatoms. The van der Waals surface area contributed by atoms with Gasteiger partial charge in [0.1, 0.15) is 0 Å². The maximum Gasteiger partial charge on any atom is 0.159 e. The average Bonchev–Trinajstić information content (AvgIpc) is 2.56. The Labute approximate surface area is 110 Å². The highest BCUT2D eigenvalue weighted by atomic mass is 19.2. The van der Waals surface area contributed by atoms with E-state index in [-0.39, 0.29) is 0 Å². The Hall–Kier alpha value is -2.21. The van der Waals surface area contributed by atoms with Crippen molar-refractivity contribution in [2.24, 2.45) is 0 Å². The van der Waals surface area contributed by atoms with E-state index in [9.17, 15) is 14.0 Å². The molecule has 1 nitrogen and oxygen atoms in total. The topological polar surface area (TPSA) is 23.8 Å². The third-order valence-electron chi connectivity index (χ3n) is 3.65. The van der Waals surface area contributed by atoms with E-state index in [1.807, 2.05) is 24.3 Å². The van der Waals surface area contributed by atoms with E-state index in [0.717, 1.165) is 23.1 Å². The lowest BCUT2D eigenvalue weighted by atomic mass is 9.89. The fraction of sp³-hybridized carbons (Fsp3) is 0.188.